The topological polar surface area (TPSA) is 20.2 Å². The SMILES string of the molecule is [2H]C1([2H])C[C@]2(C)C3=C(CC[C@H]2C([2H])([2H])C1([2H])O)[C@@H]1CC[C@H]([C@H](C)CCC=C(C)C)[C@@]1(C)CC3. The molecule has 1 nitrogen and oxygen atoms in total. The normalized spacial score (nSPS) is 52.6. The van der Waals surface area contributed by atoms with Crippen molar-refractivity contribution in [1.29, 1.82) is 0 Å². The number of hydrogen-bond donors (Lipinski definition) is 1. The minimum absolute atomic E-state index is 0.0367. The van der Waals surface area contributed by atoms with Crippen LogP contribution in [-0.2, 0) is 0 Å². The molecular formula is C27H44O. The van der Waals surface area contributed by atoms with E-state index in [0.29, 0.717) is 24.2 Å². The summed E-state index contributed by atoms with van der Waals surface area (Å²) in [5.74, 6) is 1.39. The van der Waals surface area contributed by atoms with Crippen LogP contribution in [0.25, 0.3) is 0 Å². The Morgan fingerprint density at radius 1 is 1.25 bits per heavy atom. The quantitative estimate of drug-likeness (QED) is 0.495. The molecule has 7 atom stereocenters. The van der Waals surface area contributed by atoms with Gasteiger partial charge in [0.1, 0.15) is 0 Å². The summed E-state index contributed by atoms with van der Waals surface area (Å²) in [5, 5.41) is 10.7. The van der Waals surface area contributed by atoms with E-state index in [1.165, 1.54) is 36.0 Å². The van der Waals surface area contributed by atoms with Gasteiger partial charge in [-0.1, -0.05) is 43.6 Å². The third-order valence-electron chi connectivity index (χ3n) is 9.09. The van der Waals surface area contributed by atoms with E-state index in [0.717, 1.165) is 25.7 Å². The standard InChI is InChI=1S/C27H44O/c1-18(2)7-6-8-19(3)23-11-12-24-22-10-9-20-17-21(28)13-15-26(20,4)25(22)14-16-27(23,24)5/h7,19-21,23-24,28H,6,8-17H2,1-5H3/t19-,20+,21?,23-,24+,26+,27-/m1/s1/i13D2,17D2,21D. The summed E-state index contributed by atoms with van der Waals surface area (Å²) in [6, 6.07) is 0. The van der Waals surface area contributed by atoms with Gasteiger partial charge in [-0.25, -0.2) is 0 Å². The number of fused-ring (bicyclic) bond motifs is 4. The number of rotatable bonds is 4. The van der Waals surface area contributed by atoms with Crippen molar-refractivity contribution in [2.45, 2.75) is 111 Å². The predicted octanol–water partition coefficient (Wildman–Crippen LogP) is 7.45. The van der Waals surface area contributed by atoms with Crippen molar-refractivity contribution in [2.24, 2.45) is 34.5 Å². The van der Waals surface area contributed by atoms with Gasteiger partial charge < -0.3 is 5.11 Å². The van der Waals surface area contributed by atoms with E-state index in [4.69, 9.17) is 6.85 Å². The summed E-state index contributed by atoms with van der Waals surface area (Å²) in [7, 11) is 0. The van der Waals surface area contributed by atoms with Gasteiger partial charge in [-0.15, -0.1) is 0 Å². The zero-order valence-electron chi connectivity index (χ0n) is 23.7. The largest absolute Gasteiger partial charge is 0.393 e. The van der Waals surface area contributed by atoms with Crippen molar-refractivity contribution in [3.8, 4) is 0 Å². The Kier molecular flexibility index (Phi) is 4.15. The summed E-state index contributed by atoms with van der Waals surface area (Å²) in [6.45, 7) is 11.3. The van der Waals surface area contributed by atoms with Crippen LogP contribution in [0.15, 0.2) is 22.8 Å². The zero-order valence-corrected chi connectivity index (χ0v) is 18.7. The van der Waals surface area contributed by atoms with E-state index < -0.39 is 30.2 Å². The Labute approximate surface area is 181 Å². The Morgan fingerprint density at radius 2 is 2.04 bits per heavy atom. The van der Waals surface area contributed by atoms with Crippen molar-refractivity contribution < 1.29 is 12.0 Å². The van der Waals surface area contributed by atoms with E-state index in [9.17, 15) is 5.11 Å². The molecule has 4 rings (SSSR count). The maximum absolute atomic E-state index is 10.7. The van der Waals surface area contributed by atoms with Crippen LogP contribution in [0.1, 0.15) is 112 Å². The number of hydrogen-bond acceptors (Lipinski definition) is 1. The molecule has 0 bridgehead atoms. The summed E-state index contributed by atoms with van der Waals surface area (Å²) in [5.41, 5.74) is 3.81. The van der Waals surface area contributed by atoms with E-state index in [1.807, 2.05) is 6.92 Å². The molecule has 0 aromatic carbocycles. The van der Waals surface area contributed by atoms with Crippen molar-refractivity contribution in [1.82, 2.24) is 0 Å². The maximum Gasteiger partial charge on any atom is 0.0600 e. The molecule has 0 aromatic rings. The first-order valence-electron chi connectivity index (χ1n) is 14.2. The lowest BCUT2D eigenvalue weighted by Gasteiger charge is -2.55. The van der Waals surface area contributed by atoms with E-state index in [1.54, 1.807) is 0 Å². The monoisotopic (exact) mass is 389 g/mol. The van der Waals surface area contributed by atoms with Crippen molar-refractivity contribution in [2.75, 3.05) is 0 Å². The molecule has 0 saturated heterocycles. The van der Waals surface area contributed by atoms with Gasteiger partial charge in [0.25, 0.3) is 0 Å². The number of aliphatic hydroxyl groups is 1. The summed E-state index contributed by atoms with van der Waals surface area (Å²) >= 11 is 0. The lowest BCUT2D eigenvalue weighted by molar-refractivity contribution is 0.0133. The van der Waals surface area contributed by atoms with Crippen LogP contribution in [0.2, 0.25) is 0 Å². The predicted molar refractivity (Wildman–Crippen MR) is 119 cm³/mol. The van der Waals surface area contributed by atoms with Crippen LogP contribution in [-0.4, -0.2) is 11.2 Å². The molecule has 28 heavy (non-hydrogen) atoms. The van der Waals surface area contributed by atoms with Crippen LogP contribution in [0.4, 0.5) is 0 Å². The van der Waals surface area contributed by atoms with Crippen molar-refractivity contribution in [3.63, 3.8) is 0 Å². The first-order chi connectivity index (χ1) is 15.1. The Hall–Kier alpha value is -0.560. The van der Waals surface area contributed by atoms with Crippen LogP contribution in [0, 0.1) is 34.5 Å². The van der Waals surface area contributed by atoms with Gasteiger partial charge >= 0.3 is 0 Å². The molecular weight excluding hydrogens is 340 g/mol. The Balaban J connectivity index is 1.65. The van der Waals surface area contributed by atoms with Crippen LogP contribution < -0.4 is 0 Å². The fraction of sp³-hybridized carbons (Fsp3) is 0.852. The smallest absolute Gasteiger partial charge is 0.0600 e. The lowest BCUT2D eigenvalue weighted by atomic mass is 9.50. The molecule has 0 aromatic heterocycles. The van der Waals surface area contributed by atoms with Crippen LogP contribution in [0.5, 0.6) is 0 Å². The first-order valence-corrected chi connectivity index (χ1v) is 11.7. The average Bonchev–Trinajstić information content (AvgIpc) is 3.03. The van der Waals surface area contributed by atoms with Crippen molar-refractivity contribution in [3.05, 3.63) is 22.8 Å². The highest BCUT2D eigenvalue weighted by Gasteiger charge is 2.55. The summed E-state index contributed by atoms with van der Waals surface area (Å²) < 4.78 is 42.5. The highest BCUT2D eigenvalue weighted by molar-refractivity contribution is 5.34. The fourth-order valence-electron chi connectivity index (χ4n) is 7.48. The van der Waals surface area contributed by atoms with Gasteiger partial charge in [0.05, 0.1) is 7.45 Å². The molecule has 0 radical (unpaired) electrons. The highest BCUT2D eigenvalue weighted by Crippen LogP contribution is 2.65. The van der Waals surface area contributed by atoms with E-state index >= 15 is 0 Å². The Morgan fingerprint density at radius 3 is 2.79 bits per heavy atom. The molecule has 1 unspecified atom stereocenters. The van der Waals surface area contributed by atoms with Gasteiger partial charge in [-0.2, -0.15) is 0 Å². The first kappa shape index (κ1) is 15.3. The van der Waals surface area contributed by atoms with Crippen LogP contribution >= 0.6 is 0 Å². The van der Waals surface area contributed by atoms with E-state index in [2.05, 4.69) is 33.8 Å². The average molecular weight is 390 g/mol. The fourth-order valence-corrected chi connectivity index (χ4v) is 7.48. The van der Waals surface area contributed by atoms with Gasteiger partial charge in [0.15, 0.2) is 0 Å². The molecule has 0 amide bonds. The second-order valence-electron chi connectivity index (χ2n) is 10.9. The molecule has 0 aliphatic heterocycles. The molecule has 4 aliphatic rings. The van der Waals surface area contributed by atoms with Gasteiger partial charge in [0, 0.05) is 5.48 Å². The molecule has 2 saturated carbocycles. The second kappa shape index (κ2) is 7.60. The summed E-state index contributed by atoms with van der Waals surface area (Å²) in [6.07, 6.45) is 3.38. The minimum atomic E-state index is -2.72. The molecule has 0 spiro atoms. The molecule has 1 heteroatoms. The maximum atomic E-state index is 10.7. The van der Waals surface area contributed by atoms with Crippen molar-refractivity contribution >= 4 is 0 Å². The van der Waals surface area contributed by atoms with Gasteiger partial charge in [-0.05, 0) is 119 Å². The van der Waals surface area contributed by atoms with Crippen LogP contribution in [0.3, 0.4) is 0 Å². The zero-order chi connectivity index (χ0) is 24.6. The molecule has 4 aliphatic carbocycles. The summed E-state index contributed by atoms with van der Waals surface area (Å²) in [4.78, 5) is 0. The highest BCUT2D eigenvalue weighted by atomic mass is 16.3. The Bertz CT molecular complexity index is 855. The molecule has 1 N–H and O–H groups in total. The van der Waals surface area contributed by atoms with Gasteiger partial charge in [-0.3, -0.25) is 0 Å². The minimum Gasteiger partial charge on any atom is -0.393 e. The third-order valence-corrected chi connectivity index (χ3v) is 9.09. The molecule has 0 heterocycles. The molecule has 158 valence electrons. The number of allylic oxidation sites excluding steroid dienone is 4. The molecule has 2 fully saturated rings. The van der Waals surface area contributed by atoms with E-state index in [-0.39, 0.29) is 11.8 Å². The van der Waals surface area contributed by atoms with Gasteiger partial charge in [0.2, 0.25) is 0 Å². The second-order valence-corrected chi connectivity index (χ2v) is 10.9. The lowest BCUT2D eigenvalue weighted by Crippen LogP contribution is -2.45. The third kappa shape index (κ3) is 3.34.